The van der Waals surface area contributed by atoms with E-state index in [4.69, 9.17) is 18.9 Å². The third kappa shape index (κ3) is 27.6. The molecular weight excluding hydrogens is 665 g/mol. The molecule has 312 valence electrons. The molecule has 0 bridgehead atoms. The molecule has 4 unspecified atom stereocenters. The molecule has 1 saturated carbocycles. The van der Waals surface area contributed by atoms with Crippen LogP contribution in [-0.2, 0) is 23.7 Å². The summed E-state index contributed by atoms with van der Waals surface area (Å²) in [7, 11) is 5.78. The lowest BCUT2D eigenvalue weighted by Gasteiger charge is -2.26. The average Bonchev–Trinajstić information content (AvgIpc) is 3.51. The maximum atomic E-state index is 13.2. The van der Waals surface area contributed by atoms with Crippen molar-refractivity contribution >= 4 is 12.1 Å². The van der Waals surface area contributed by atoms with Gasteiger partial charge in [0.1, 0.15) is 18.8 Å². The Morgan fingerprint density at radius 1 is 0.660 bits per heavy atom. The highest BCUT2D eigenvalue weighted by Crippen LogP contribution is 2.39. The minimum atomic E-state index is -0.287. The van der Waals surface area contributed by atoms with Crippen LogP contribution in [0.3, 0.4) is 0 Å². The van der Waals surface area contributed by atoms with Gasteiger partial charge < -0.3 is 28.7 Å². The molecule has 53 heavy (non-hydrogen) atoms. The SMILES string of the molecule is CC/C=C\CC1C(CC(=O)OCC(COCCCCCCCCCCCC)OCCCCCCCCCCCC)CCC1OC(=O)N(C)CCN(C)C. The first-order valence-corrected chi connectivity index (χ1v) is 22.4. The summed E-state index contributed by atoms with van der Waals surface area (Å²) in [6.07, 6.45) is 33.2. The van der Waals surface area contributed by atoms with E-state index < -0.39 is 0 Å². The minimum Gasteiger partial charge on any atom is -0.463 e. The normalized spacial score (nSPS) is 17.9. The van der Waals surface area contributed by atoms with Crippen LogP contribution >= 0.6 is 0 Å². The van der Waals surface area contributed by atoms with Gasteiger partial charge in [0.25, 0.3) is 0 Å². The first-order valence-electron chi connectivity index (χ1n) is 22.4. The molecule has 0 aromatic carbocycles. The van der Waals surface area contributed by atoms with Gasteiger partial charge in [0.05, 0.1) is 6.61 Å². The van der Waals surface area contributed by atoms with E-state index >= 15 is 0 Å². The van der Waals surface area contributed by atoms with E-state index in [9.17, 15) is 9.59 Å². The van der Waals surface area contributed by atoms with Crippen LogP contribution in [0, 0.1) is 11.8 Å². The number of esters is 1. The molecule has 1 aliphatic rings. The number of amides is 1. The number of hydrogen-bond donors (Lipinski definition) is 0. The zero-order valence-electron chi connectivity index (χ0n) is 35.7. The van der Waals surface area contributed by atoms with Crippen molar-refractivity contribution in [1.29, 1.82) is 0 Å². The summed E-state index contributed by atoms with van der Waals surface area (Å²) in [5.41, 5.74) is 0. The molecule has 0 saturated heterocycles. The molecule has 0 aromatic heterocycles. The summed E-state index contributed by atoms with van der Waals surface area (Å²) in [5.74, 6) is 0.0219. The fourth-order valence-corrected chi connectivity index (χ4v) is 7.28. The monoisotopic (exact) mass is 751 g/mol. The second kappa shape index (κ2) is 34.8. The molecule has 1 fully saturated rings. The van der Waals surface area contributed by atoms with Gasteiger partial charge in [-0.05, 0) is 58.5 Å². The minimum absolute atomic E-state index is 0.101. The van der Waals surface area contributed by atoms with Crippen molar-refractivity contribution in [1.82, 2.24) is 9.80 Å². The predicted molar refractivity (Wildman–Crippen MR) is 222 cm³/mol. The molecule has 0 spiro atoms. The Morgan fingerprint density at radius 2 is 1.21 bits per heavy atom. The summed E-state index contributed by atoms with van der Waals surface area (Å²) in [6.45, 7) is 10.1. The lowest BCUT2D eigenvalue weighted by atomic mass is 9.89. The lowest BCUT2D eigenvalue weighted by molar-refractivity contribution is -0.151. The van der Waals surface area contributed by atoms with E-state index in [0.29, 0.717) is 26.2 Å². The van der Waals surface area contributed by atoms with Crippen LogP contribution in [0.2, 0.25) is 0 Å². The van der Waals surface area contributed by atoms with Gasteiger partial charge in [-0.15, -0.1) is 0 Å². The molecule has 0 aromatic rings. The molecule has 1 aliphatic carbocycles. The maximum Gasteiger partial charge on any atom is 0.409 e. The molecule has 1 amide bonds. The van der Waals surface area contributed by atoms with E-state index in [-0.39, 0.29) is 42.7 Å². The zero-order chi connectivity index (χ0) is 38.8. The maximum absolute atomic E-state index is 13.2. The second-order valence-corrected chi connectivity index (χ2v) is 16.1. The number of unbranched alkanes of at least 4 members (excludes halogenated alkanes) is 18. The highest BCUT2D eigenvalue weighted by Gasteiger charge is 2.39. The van der Waals surface area contributed by atoms with Crippen LogP contribution < -0.4 is 0 Å². The number of nitrogens with zero attached hydrogens (tertiary/aromatic N) is 2. The van der Waals surface area contributed by atoms with Gasteiger partial charge in [0.2, 0.25) is 0 Å². The Hall–Kier alpha value is -1.64. The fourth-order valence-electron chi connectivity index (χ4n) is 7.28. The Balaban J connectivity index is 2.56. The molecule has 0 aliphatic heterocycles. The largest absolute Gasteiger partial charge is 0.463 e. The molecule has 8 heteroatoms. The quantitative estimate of drug-likeness (QED) is 0.0358. The lowest BCUT2D eigenvalue weighted by Crippen LogP contribution is -2.37. The average molecular weight is 751 g/mol. The summed E-state index contributed by atoms with van der Waals surface area (Å²) in [4.78, 5) is 29.8. The topological polar surface area (TPSA) is 77.5 Å². The van der Waals surface area contributed by atoms with E-state index in [1.54, 1.807) is 11.9 Å². The van der Waals surface area contributed by atoms with Gasteiger partial charge in [0, 0.05) is 45.7 Å². The van der Waals surface area contributed by atoms with Gasteiger partial charge >= 0.3 is 12.1 Å². The van der Waals surface area contributed by atoms with Crippen molar-refractivity contribution in [2.45, 2.75) is 193 Å². The van der Waals surface area contributed by atoms with Crippen LogP contribution in [-0.4, -0.2) is 94.7 Å². The second-order valence-electron chi connectivity index (χ2n) is 16.1. The third-order valence-electron chi connectivity index (χ3n) is 10.8. The Labute approximate surface area is 327 Å². The van der Waals surface area contributed by atoms with Gasteiger partial charge in [0.15, 0.2) is 0 Å². The van der Waals surface area contributed by atoms with Crippen LogP contribution in [0.5, 0.6) is 0 Å². The van der Waals surface area contributed by atoms with Gasteiger partial charge in [-0.3, -0.25) is 4.79 Å². The number of carbonyl (C=O) groups is 2. The van der Waals surface area contributed by atoms with Crippen LogP contribution in [0.1, 0.15) is 181 Å². The first kappa shape index (κ1) is 49.4. The zero-order valence-corrected chi connectivity index (χ0v) is 35.7. The van der Waals surface area contributed by atoms with Crippen molar-refractivity contribution in [3.05, 3.63) is 12.2 Å². The number of carbonyl (C=O) groups excluding carboxylic acids is 2. The molecule has 0 heterocycles. The van der Waals surface area contributed by atoms with Crippen LogP contribution in [0.4, 0.5) is 4.79 Å². The Bertz CT molecular complexity index is 883. The molecule has 8 nitrogen and oxygen atoms in total. The Morgan fingerprint density at radius 3 is 1.75 bits per heavy atom. The molecule has 0 N–H and O–H groups in total. The van der Waals surface area contributed by atoms with E-state index in [2.05, 4.69) is 37.8 Å². The number of allylic oxidation sites excluding steroid dienone is 2. The number of hydrogen-bond acceptors (Lipinski definition) is 7. The van der Waals surface area contributed by atoms with Crippen molar-refractivity contribution in [3.63, 3.8) is 0 Å². The molecular formula is C45H86N2O6. The van der Waals surface area contributed by atoms with E-state index in [0.717, 1.165) is 51.7 Å². The smallest absolute Gasteiger partial charge is 0.409 e. The van der Waals surface area contributed by atoms with Crippen molar-refractivity contribution in [3.8, 4) is 0 Å². The number of likely N-dealkylation sites (N-methyl/N-ethyl adjacent to an activating group) is 2. The van der Waals surface area contributed by atoms with Crippen molar-refractivity contribution < 1.29 is 28.5 Å². The predicted octanol–water partition coefficient (Wildman–Crippen LogP) is 11.5. The van der Waals surface area contributed by atoms with Crippen molar-refractivity contribution in [2.75, 3.05) is 60.7 Å². The van der Waals surface area contributed by atoms with E-state index in [1.165, 1.54) is 116 Å². The molecule has 4 atom stereocenters. The first-order chi connectivity index (χ1) is 25.8. The molecule has 0 radical (unpaired) electrons. The van der Waals surface area contributed by atoms with Gasteiger partial charge in [-0.2, -0.15) is 0 Å². The highest BCUT2D eigenvalue weighted by molar-refractivity contribution is 5.70. The Kier molecular flexibility index (Phi) is 32.4. The number of ether oxygens (including phenoxy) is 4. The summed E-state index contributed by atoms with van der Waals surface area (Å²) >= 11 is 0. The van der Waals surface area contributed by atoms with Gasteiger partial charge in [-0.25, -0.2) is 4.79 Å². The standard InChI is InChI=1S/C45H86N2O6/c1-7-10-13-15-17-19-21-23-25-28-35-50-38-41(51-36-29-26-24-22-20-18-16-14-11-8-2)39-52-44(48)37-40-31-32-43(42(40)30-27-12-9-3)53-45(49)47(6)34-33-46(4)5/h12,27,40-43H,7-11,13-26,28-39H2,1-6H3/b27-12-. The fraction of sp³-hybridized carbons (Fsp3) is 0.911. The van der Waals surface area contributed by atoms with Crippen LogP contribution in [0.25, 0.3) is 0 Å². The summed E-state index contributed by atoms with van der Waals surface area (Å²) in [6, 6.07) is 0. The molecule has 1 rings (SSSR count). The van der Waals surface area contributed by atoms with Crippen LogP contribution in [0.15, 0.2) is 12.2 Å². The van der Waals surface area contributed by atoms with Gasteiger partial charge in [-0.1, -0.05) is 148 Å². The van der Waals surface area contributed by atoms with Crippen molar-refractivity contribution in [2.24, 2.45) is 11.8 Å². The highest BCUT2D eigenvalue weighted by atomic mass is 16.6. The summed E-state index contributed by atoms with van der Waals surface area (Å²) < 4.78 is 24.2. The number of rotatable bonds is 36. The summed E-state index contributed by atoms with van der Waals surface area (Å²) in [5, 5.41) is 0. The third-order valence-corrected chi connectivity index (χ3v) is 10.8. The van der Waals surface area contributed by atoms with E-state index in [1.807, 2.05) is 14.1 Å².